The third-order valence-corrected chi connectivity index (χ3v) is 5.66. The van der Waals surface area contributed by atoms with E-state index in [1.54, 1.807) is 18.2 Å². The van der Waals surface area contributed by atoms with Gasteiger partial charge in [-0.2, -0.15) is 0 Å². The zero-order valence-corrected chi connectivity index (χ0v) is 18.8. The number of likely N-dealkylation sites (tertiary alicyclic amines) is 1. The van der Waals surface area contributed by atoms with Crippen LogP contribution in [0.4, 0.5) is 5.69 Å². The molecule has 0 atom stereocenters. The molecule has 2 aromatic rings. The van der Waals surface area contributed by atoms with E-state index < -0.39 is 0 Å². The molecule has 1 saturated heterocycles. The first-order valence-electron chi connectivity index (χ1n) is 9.22. The molecule has 1 aliphatic rings. The zero-order valence-electron chi connectivity index (χ0n) is 15.6. The second kappa shape index (κ2) is 9.56. The minimum absolute atomic E-state index is 0.0389. The van der Waals surface area contributed by atoms with E-state index in [9.17, 15) is 9.59 Å². The van der Waals surface area contributed by atoms with Crippen molar-refractivity contribution in [1.82, 2.24) is 4.90 Å². The first-order chi connectivity index (χ1) is 13.5. The number of aryl methyl sites for hydroxylation is 1. The Morgan fingerprint density at radius 1 is 1.11 bits per heavy atom. The largest absolute Gasteiger partial charge is 0.482 e. The van der Waals surface area contributed by atoms with Crippen LogP contribution in [0.3, 0.4) is 0 Å². The predicted molar refractivity (Wildman–Crippen MR) is 117 cm³/mol. The van der Waals surface area contributed by atoms with Crippen molar-refractivity contribution in [2.24, 2.45) is 0 Å². The second-order valence-corrected chi connectivity index (χ2v) is 8.54. The van der Waals surface area contributed by atoms with Crippen molar-refractivity contribution in [2.75, 3.05) is 25.0 Å². The third-order valence-electron chi connectivity index (χ3n) is 4.62. The number of carbonyl (C=O) groups is 2. The minimum atomic E-state index is -0.312. The highest BCUT2D eigenvalue weighted by molar-refractivity contribution is 9.11. The Hall–Kier alpha value is -1.86. The number of rotatable bonds is 5. The molecule has 0 radical (unpaired) electrons. The van der Waals surface area contributed by atoms with Gasteiger partial charge in [-0.15, -0.1) is 0 Å². The van der Waals surface area contributed by atoms with Crippen molar-refractivity contribution in [3.8, 4) is 5.75 Å². The Morgan fingerprint density at radius 3 is 2.54 bits per heavy atom. The molecule has 1 N–H and O–H groups in total. The Bertz CT molecular complexity index is 857. The first-order valence-corrected chi connectivity index (χ1v) is 10.8. The van der Waals surface area contributed by atoms with Gasteiger partial charge in [0, 0.05) is 17.6 Å². The average molecular weight is 510 g/mol. The Labute approximate surface area is 181 Å². The highest BCUT2D eigenvalue weighted by Crippen LogP contribution is 2.32. The van der Waals surface area contributed by atoms with Crippen LogP contribution in [0, 0.1) is 6.92 Å². The standard InChI is InChI=1S/C21H22Br2N2O3/c1-14-11-15(22)12-17(23)20(14)28-13-19(26)24-18-8-4-3-7-16(18)21(27)25-9-5-2-6-10-25/h3-4,7-8,11-12H,2,5-6,9-10,13H2,1H3,(H,24,26). The summed E-state index contributed by atoms with van der Waals surface area (Å²) in [5, 5.41) is 2.82. The van der Waals surface area contributed by atoms with Gasteiger partial charge in [0.15, 0.2) is 6.61 Å². The number of halogens is 2. The van der Waals surface area contributed by atoms with E-state index in [1.165, 1.54) is 0 Å². The molecule has 5 nitrogen and oxygen atoms in total. The van der Waals surface area contributed by atoms with Crippen molar-refractivity contribution in [2.45, 2.75) is 26.2 Å². The maximum atomic E-state index is 12.8. The Kier molecular flexibility index (Phi) is 7.13. The molecule has 148 valence electrons. The third kappa shape index (κ3) is 5.14. The number of carbonyl (C=O) groups excluding carboxylic acids is 2. The number of piperidine rings is 1. The van der Waals surface area contributed by atoms with E-state index in [4.69, 9.17) is 4.74 Å². The molecular weight excluding hydrogens is 488 g/mol. The summed E-state index contributed by atoms with van der Waals surface area (Å²) in [6, 6.07) is 10.9. The van der Waals surface area contributed by atoms with Crippen LogP contribution >= 0.6 is 31.9 Å². The summed E-state index contributed by atoms with van der Waals surface area (Å²) in [4.78, 5) is 27.1. The van der Waals surface area contributed by atoms with Gasteiger partial charge >= 0.3 is 0 Å². The number of nitrogens with one attached hydrogen (secondary N) is 1. The SMILES string of the molecule is Cc1cc(Br)cc(Br)c1OCC(=O)Nc1ccccc1C(=O)N1CCCCC1. The van der Waals surface area contributed by atoms with Crippen LogP contribution in [0.1, 0.15) is 35.2 Å². The summed E-state index contributed by atoms with van der Waals surface area (Å²) in [7, 11) is 0. The zero-order chi connectivity index (χ0) is 20.1. The predicted octanol–water partition coefficient (Wildman–Crippen LogP) is 5.16. The van der Waals surface area contributed by atoms with Crippen LogP contribution < -0.4 is 10.1 Å². The topological polar surface area (TPSA) is 58.6 Å². The molecule has 0 aliphatic carbocycles. The fraction of sp³-hybridized carbons (Fsp3) is 0.333. The fourth-order valence-electron chi connectivity index (χ4n) is 3.24. The highest BCUT2D eigenvalue weighted by atomic mass is 79.9. The number of hydrogen-bond acceptors (Lipinski definition) is 3. The first kappa shape index (κ1) is 20.9. The molecule has 1 aliphatic heterocycles. The molecule has 0 unspecified atom stereocenters. The van der Waals surface area contributed by atoms with E-state index in [0.29, 0.717) is 17.0 Å². The normalized spacial score (nSPS) is 13.9. The van der Waals surface area contributed by atoms with E-state index in [1.807, 2.05) is 30.0 Å². The molecule has 1 heterocycles. The summed E-state index contributed by atoms with van der Waals surface area (Å²) in [5.74, 6) is 0.271. The lowest BCUT2D eigenvalue weighted by Crippen LogP contribution is -2.36. The van der Waals surface area contributed by atoms with E-state index in [0.717, 1.165) is 46.9 Å². The van der Waals surface area contributed by atoms with Crippen molar-refractivity contribution in [3.05, 3.63) is 56.5 Å². The number of hydrogen-bond donors (Lipinski definition) is 1. The summed E-state index contributed by atoms with van der Waals surface area (Å²) in [6.07, 6.45) is 3.20. The Balaban J connectivity index is 1.67. The number of amides is 2. The van der Waals surface area contributed by atoms with Gasteiger partial charge in [-0.05, 0) is 71.9 Å². The van der Waals surface area contributed by atoms with Crippen molar-refractivity contribution in [3.63, 3.8) is 0 Å². The van der Waals surface area contributed by atoms with Gasteiger partial charge in [0.25, 0.3) is 11.8 Å². The molecule has 0 aromatic heterocycles. The number of anilines is 1. The average Bonchev–Trinajstić information content (AvgIpc) is 2.67. The number of benzene rings is 2. The quantitative estimate of drug-likeness (QED) is 0.605. The van der Waals surface area contributed by atoms with Crippen molar-refractivity contribution in [1.29, 1.82) is 0 Å². The number of nitrogens with zero attached hydrogens (tertiary/aromatic N) is 1. The van der Waals surface area contributed by atoms with E-state index >= 15 is 0 Å². The Morgan fingerprint density at radius 2 is 1.82 bits per heavy atom. The summed E-state index contributed by atoms with van der Waals surface area (Å²) >= 11 is 6.88. The number of ether oxygens (including phenoxy) is 1. The summed E-state index contributed by atoms with van der Waals surface area (Å²) in [5.41, 5.74) is 1.94. The van der Waals surface area contributed by atoms with Crippen molar-refractivity contribution < 1.29 is 14.3 Å². The van der Waals surface area contributed by atoms with Crippen LogP contribution in [0.2, 0.25) is 0 Å². The van der Waals surface area contributed by atoms with Crippen LogP contribution in [0.25, 0.3) is 0 Å². The van der Waals surface area contributed by atoms with E-state index in [-0.39, 0.29) is 18.4 Å². The monoisotopic (exact) mass is 508 g/mol. The van der Waals surface area contributed by atoms with Crippen LogP contribution in [0.15, 0.2) is 45.3 Å². The van der Waals surface area contributed by atoms with Crippen LogP contribution in [-0.2, 0) is 4.79 Å². The van der Waals surface area contributed by atoms with Gasteiger partial charge in [-0.3, -0.25) is 9.59 Å². The lowest BCUT2D eigenvalue weighted by Gasteiger charge is -2.27. The molecule has 0 saturated carbocycles. The van der Waals surface area contributed by atoms with Gasteiger partial charge in [-0.1, -0.05) is 28.1 Å². The molecule has 2 aromatic carbocycles. The minimum Gasteiger partial charge on any atom is -0.482 e. The van der Waals surface area contributed by atoms with Gasteiger partial charge in [0.2, 0.25) is 0 Å². The molecule has 2 amide bonds. The van der Waals surface area contributed by atoms with Gasteiger partial charge in [0.05, 0.1) is 15.7 Å². The molecule has 3 rings (SSSR count). The maximum absolute atomic E-state index is 12.8. The smallest absolute Gasteiger partial charge is 0.262 e. The molecule has 7 heteroatoms. The molecule has 28 heavy (non-hydrogen) atoms. The van der Waals surface area contributed by atoms with Gasteiger partial charge in [0.1, 0.15) is 5.75 Å². The van der Waals surface area contributed by atoms with Gasteiger partial charge in [-0.25, -0.2) is 0 Å². The molecule has 1 fully saturated rings. The summed E-state index contributed by atoms with van der Waals surface area (Å²) in [6.45, 7) is 3.30. The lowest BCUT2D eigenvalue weighted by molar-refractivity contribution is -0.118. The fourth-order valence-corrected chi connectivity index (χ4v) is 4.80. The maximum Gasteiger partial charge on any atom is 0.262 e. The highest BCUT2D eigenvalue weighted by Gasteiger charge is 2.21. The molecule has 0 bridgehead atoms. The molecule has 0 spiro atoms. The van der Waals surface area contributed by atoms with Crippen LogP contribution in [0.5, 0.6) is 5.75 Å². The second-order valence-electron chi connectivity index (χ2n) is 6.77. The number of para-hydroxylation sites is 1. The molecular formula is C21H22Br2N2O3. The van der Waals surface area contributed by atoms with Gasteiger partial charge < -0.3 is 15.0 Å². The summed E-state index contributed by atoms with van der Waals surface area (Å²) < 4.78 is 7.40. The van der Waals surface area contributed by atoms with Crippen LogP contribution in [-0.4, -0.2) is 36.4 Å². The van der Waals surface area contributed by atoms with Crippen molar-refractivity contribution >= 4 is 49.4 Å². The van der Waals surface area contributed by atoms with E-state index in [2.05, 4.69) is 37.2 Å². The lowest BCUT2D eigenvalue weighted by atomic mass is 10.1.